The van der Waals surface area contributed by atoms with Gasteiger partial charge in [-0.15, -0.1) is 11.3 Å². The fourth-order valence-electron chi connectivity index (χ4n) is 1.58. The zero-order valence-electron chi connectivity index (χ0n) is 9.14. The second-order valence-electron chi connectivity index (χ2n) is 3.64. The highest BCUT2D eigenvalue weighted by molar-refractivity contribution is 7.11. The number of nitrogens with zero attached hydrogens (tertiary/aromatic N) is 1. The van der Waals surface area contributed by atoms with Crippen molar-refractivity contribution in [2.24, 2.45) is 0 Å². The third kappa shape index (κ3) is 2.36. The Bertz CT molecular complexity index is 459. The van der Waals surface area contributed by atoms with Crippen molar-refractivity contribution in [1.82, 2.24) is 4.98 Å². The second-order valence-corrected chi connectivity index (χ2v) is 4.53. The molecule has 0 bridgehead atoms. The van der Waals surface area contributed by atoms with Gasteiger partial charge in [-0.1, -0.05) is 37.6 Å². The van der Waals surface area contributed by atoms with Crippen LogP contribution in [0.3, 0.4) is 0 Å². The first-order chi connectivity index (χ1) is 7.81. The first-order valence-corrected chi connectivity index (χ1v) is 6.21. The Morgan fingerprint density at radius 1 is 1.31 bits per heavy atom. The van der Waals surface area contributed by atoms with Crippen molar-refractivity contribution in [3.8, 4) is 0 Å². The van der Waals surface area contributed by atoms with E-state index in [1.54, 1.807) is 11.7 Å². The summed E-state index contributed by atoms with van der Waals surface area (Å²) in [6.45, 7) is 2.15. The van der Waals surface area contributed by atoms with Crippen LogP contribution in [0.25, 0.3) is 0 Å². The normalized spacial score (nSPS) is 10.3. The van der Waals surface area contributed by atoms with Crippen LogP contribution in [-0.2, 0) is 6.42 Å². The van der Waals surface area contributed by atoms with Crippen molar-refractivity contribution in [1.29, 1.82) is 0 Å². The number of benzene rings is 1. The lowest BCUT2D eigenvalue weighted by Gasteiger charge is -2.00. The minimum Gasteiger partial charge on any atom is -0.288 e. The maximum absolute atomic E-state index is 11.9. The van der Waals surface area contributed by atoms with Crippen molar-refractivity contribution in [2.75, 3.05) is 0 Å². The second kappa shape index (κ2) is 5.03. The van der Waals surface area contributed by atoms with Gasteiger partial charge in [0.05, 0.1) is 10.4 Å². The molecule has 2 nitrogen and oxygen atoms in total. The molecule has 2 rings (SSSR count). The van der Waals surface area contributed by atoms with E-state index in [0.29, 0.717) is 4.88 Å². The van der Waals surface area contributed by atoms with Crippen LogP contribution in [0, 0.1) is 0 Å². The van der Waals surface area contributed by atoms with Crippen molar-refractivity contribution in [3.63, 3.8) is 0 Å². The quantitative estimate of drug-likeness (QED) is 0.755. The Kier molecular flexibility index (Phi) is 3.47. The first-order valence-electron chi connectivity index (χ1n) is 5.33. The van der Waals surface area contributed by atoms with Gasteiger partial charge in [-0.2, -0.15) is 0 Å². The third-order valence-corrected chi connectivity index (χ3v) is 3.18. The minimum atomic E-state index is 0.0607. The van der Waals surface area contributed by atoms with Gasteiger partial charge in [0, 0.05) is 11.8 Å². The largest absolute Gasteiger partial charge is 0.288 e. The number of hydrogen-bond acceptors (Lipinski definition) is 3. The molecular weight excluding hydrogens is 218 g/mol. The molecule has 0 amide bonds. The molecule has 0 N–H and O–H groups in total. The predicted molar refractivity (Wildman–Crippen MR) is 66.0 cm³/mol. The molecule has 0 fully saturated rings. The molecule has 1 aromatic heterocycles. The molecule has 0 saturated carbocycles. The Labute approximate surface area is 99.0 Å². The van der Waals surface area contributed by atoms with Gasteiger partial charge in [-0.3, -0.25) is 9.78 Å². The van der Waals surface area contributed by atoms with Crippen molar-refractivity contribution in [3.05, 3.63) is 52.0 Å². The molecule has 1 aromatic carbocycles. The van der Waals surface area contributed by atoms with Crippen LogP contribution in [0.5, 0.6) is 0 Å². The maximum Gasteiger partial charge on any atom is 0.204 e. The van der Waals surface area contributed by atoms with Gasteiger partial charge in [-0.25, -0.2) is 0 Å². The van der Waals surface area contributed by atoms with E-state index in [0.717, 1.165) is 18.4 Å². The number of aryl methyl sites for hydroxylation is 1. The van der Waals surface area contributed by atoms with Crippen LogP contribution in [0.4, 0.5) is 0 Å². The summed E-state index contributed by atoms with van der Waals surface area (Å²) in [5.74, 6) is 0.0607. The lowest BCUT2D eigenvalue weighted by atomic mass is 10.1. The first kappa shape index (κ1) is 11.0. The molecule has 0 unspecified atom stereocenters. The number of aromatic nitrogens is 1. The van der Waals surface area contributed by atoms with Crippen LogP contribution < -0.4 is 0 Å². The van der Waals surface area contributed by atoms with Crippen LogP contribution in [0.1, 0.15) is 34.1 Å². The van der Waals surface area contributed by atoms with E-state index in [4.69, 9.17) is 0 Å². The summed E-state index contributed by atoms with van der Waals surface area (Å²) in [6, 6.07) is 7.84. The highest BCUT2D eigenvalue weighted by Gasteiger charge is 2.09. The SMILES string of the molecule is CCCc1ccc(C(=O)c2cncs2)cc1. The molecule has 0 atom stereocenters. The molecule has 0 aliphatic heterocycles. The summed E-state index contributed by atoms with van der Waals surface area (Å²) < 4.78 is 0. The monoisotopic (exact) mass is 231 g/mol. The number of thiazole rings is 1. The summed E-state index contributed by atoms with van der Waals surface area (Å²) >= 11 is 1.38. The Morgan fingerprint density at radius 3 is 2.62 bits per heavy atom. The van der Waals surface area contributed by atoms with E-state index >= 15 is 0 Å². The predicted octanol–water partition coefficient (Wildman–Crippen LogP) is 3.33. The van der Waals surface area contributed by atoms with Gasteiger partial charge in [-0.05, 0) is 12.0 Å². The van der Waals surface area contributed by atoms with Gasteiger partial charge in [0.1, 0.15) is 0 Å². The lowest BCUT2D eigenvalue weighted by Crippen LogP contribution is -1.98. The van der Waals surface area contributed by atoms with Crippen molar-refractivity contribution in [2.45, 2.75) is 19.8 Å². The van der Waals surface area contributed by atoms with Crippen LogP contribution in [-0.4, -0.2) is 10.8 Å². The summed E-state index contributed by atoms with van der Waals surface area (Å²) in [5, 5.41) is 0. The fraction of sp³-hybridized carbons (Fsp3) is 0.231. The van der Waals surface area contributed by atoms with E-state index in [-0.39, 0.29) is 5.78 Å². The Balaban J connectivity index is 2.19. The standard InChI is InChI=1S/C13H13NOS/c1-2-3-10-4-6-11(7-5-10)13(15)12-8-14-9-16-12/h4-9H,2-3H2,1H3. The molecule has 0 aliphatic rings. The summed E-state index contributed by atoms with van der Waals surface area (Å²) in [4.78, 5) is 16.6. The zero-order chi connectivity index (χ0) is 11.4. The minimum absolute atomic E-state index is 0.0607. The molecule has 3 heteroatoms. The molecule has 16 heavy (non-hydrogen) atoms. The number of carbonyl (C=O) groups excluding carboxylic acids is 1. The molecule has 0 spiro atoms. The lowest BCUT2D eigenvalue weighted by molar-refractivity contribution is 0.104. The van der Waals surface area contributed by atoms with Gasteiger partial charge in [0.2, 0.25) is 5.78 Å². The zero-order valence-corrected chi connectivity index (χ0v) is 9.96. The Hall–Kier alpha value is -1.48. The van der Waals surface area contributed by atoms with Gasteiger partial charge in [0.15, 0.2) is 0 Å². The molecule has 0 saturated heterocycles. The smallest absolute Gasteiger partial charge is 0.204 e. The molecule has 82 valence electrons. The molecule has 2 aromatic rings. The highest BCUT2D eigenvalue weighted by atomic mass is 32.1. The number of hydrogen-bond donors (Lipinski definition) is 0. The van der Waals surface area contributed by atoms with E-state index < -0.39 is 0 Å². The summed E-state index contributed by atoms with van der Waals surface area (Å²) in [5.41, 5.74) is 3.70. The van der Waals surface area contributed by atoms with Crippen LogP contribution in [0.15, 0.2) is 36.0 Å². The average molecular weight is 231 g/mol. The van der Waals surface area contributed by atoms with Gasteiger partial charge >= 0.3 is 0 Å². The number of ketones is 1. The van der Waals surface area contributed by atoms with Crippen molar-refractivity contribution < 1.29 is 4.79 Å². The summed E-state index contributed by atoms with van der Waals surface area (Å²) in [7, 11) is 0. The van der Waals surface area contributed by atoms with Gasteiger partial charge < -0.3 is 0 Å². The van der Waals surface area contributed by atoms with Crippen LogP contribution >= 0.6 is 11.3 Å². The highest BCUT2D eigenvalue weighted by Crippen LogP contribution is 2.14. The van der Waals surface area contributed by atoms with E-state index in [9.17, 15) is 4.79 Å². The molecule has 1 heterocycles. The Morgan fingerprint density at radius 2 is 2.06 bits per heavy atom. The molecule has 0 aliphatic carbocycles. The van der Waals surface area contributed by atoms with Crippen LogP contribution in [0.2, 0.25) is 0 Å². The number of rotatable bonds is 4. The number of carbonyl (C=O) groups is 1. The third-order valence-electron chi connectivity index (χ3n) is 2.41. The van der Waals surface area contributed by atoms with Gasteiger partial charge in [0.25, 0.3) is 0 Å². The van der Waals surface area contributed by atoms with Crippen molar-refractivity contribution >= 4 is 17.1 Å². The van der Waals surface area contributed by atoms with E-state index in [1.807, 2.05) is 24.3 Å². The topological polar surface area (TPSA) is 30.0 Å². The molecule has 0 radical (unpaired) electrons. The average Bonchev–Trinajstić information content (AvgIpc) is 2.83. The fourth-order valence-corrected chi connectivity index (χ4v) is 2.16. The summed E-state index contributed by atoms with van der Waals surface area (Å²) in [6.07, 6.45) is 3.81. The molecular formula is C13H13NOS. The van der Waals surface area contributed by atoms with E-state index in [1.165, 1.54) is 16.9 Å². The maximum atomic E-state index is 11.9. The van der Waals surface area contributed by atoms with E-state index in [2.05, 4.69) is 11.9 Å².